The fraction of sp³-hybridized carbons (Fsp3) is 0.111. The molecule has 0 saturated heterocycles. The average Bonchev–Trinajstić information content (AvgIpc) is 3.08. The number of carbonyl (C=O) groups excluding carboxylic acids is 1. The summed E-state index contributed by atoms with van der Waals surface area (Å²) in [6, 6.07) is 6.88. The van der Waals surface area contributed by atoms with Gasteiger partial charge in [-0.3, -0.25) is 4.79 Å². The number of amides is 1. The Morgan fingerprint density at radius 1 is 1.14 bits per heavy atom. The molecule has 28 heavy (non-hydrogen) atoms. The van der Waals surface area contributed by atoms with Gasteiger partial charge < -0.3 is 10.1 Å². The van der Waals surface area contributed by atoms with Crippen LogP contribution in [0, 0.1) is 11.6 Å². The van der Waals surface area contributed by atoms with Gasteiger partial charge in [0.05, 0.1) is 30.2 Å². The predicted molar refractivity (Wildman–Crippen MR) is 89.4 cm³/mol. The quantitative estimate of drug-likeness (QED) is 0.663. The standard InChI is InChI=1S/C18H12F5N3O2/c1-28-15-9-26(12-4-2-3-10(7-12)18(21,22)23)25-16(15)17(27)24-14-6-5-11(19)8-13(14)20/h2-9H,1H3,(H,24,27). The molecule has 0 aliphatic rings. The number of hydrogen-bond acceptors (Lipinski definition) is 3. The largest absolute Gasteiger partial charge is 0.493 e. The molecule has 1 N–H and O–H groups in total. The van der Waals surface area contributed by atoms with Crippen LogP contribution in [0.1, 0.15) is 16.1 Å². The first kappa shape index (κ1) is 19.3. The molecule has 3 rings (SSSR count). The molecular weight excluding hydrogens is 385 g/mol. The molecule has 146 valence electrons. The number of ether oxygens (including phenoxy) is 1. The minimum atomic E-state index is -4.55. The van der Waals surface area contributed by atoms with Crippen molar-refractivity contribution in [3.8, 4) is 11.4 Å². The van der Waals surface area contributed by atoms with Crippen LogP contribution in [-0.2, 0) is 6.18 Å². The van der Waals surface area contributed by atoms with E-state index < -0.39 is 29.3 Å². The van der Waals surface area contributed by atoms with Gasteiger partial charge in [0.1, 0.15) is 11.6 Å². The van der Waals surface area contributed by atoms with Crippen molar-refractivity contribution in [2.24, 2.45) is 0 Å². The van der Waals surface area contributed by atoms with Crippen LogP contribution in [0.15, 0.2) is 48.7 Å². The number of alkyl halides is 3. The maximum absolute atomic E-state index is 13.7. The molecule has 5 nitrogen and oxygen atoms in total. The molecule has 0 radical (unpaired) electrons. The lowest BCUT2D eigenvalue weighted by atomic mass is 10.2. The van der Waals surface area contributed by atoms with Crippen molar-refractivity contribution >= 4 is 11.6 Å². The number of rotatable bonds is 4. The first-order chi connectivity index (χ1) is 13.2. The summed E-state index contributed by atoms with van der Waals surface area (Å²) in [6.45, 7) is 0. The molecule has 0 atom stereocenters. The van der Waals surface area contributed by atoms with Crippen LogP contribution >= 0.6 is 0 Å². The molecule has 1 amide bonds. The summed E-state index contributed by atoms with van der Waals surface area (Å²) in [5.74, 6) is -2.74. The summed E-state index contributed by atoms with van der Waals surface area (Å²) in [6.07, 6.45) is -3.33. The highest BCUT2D eigenvalue weighted by Crippen LogP contribution is 2.31. The normalized spacial score (nSPS) is 11.4. The third kappa shape index (κ3) is 3.95. The molecule has 1 heterocycles. The van der Waals surface area contributed by atoms with Crippen LogP contribution in [0.3, 0.4) is 0 Å². The number of carbonyl (C=O) groups is 1. The van der Waals surface area contributed by atoms with Gasteiger partial charge in [-0.1, -0.05) is 6.07 Å². The van der Waals surface area contributed by atoms with Crippen molar-refractivity contribution in [3.05, 3.63) is 71.6 Å². The lowest BCUT2D eigenvalue weighted by Crippen LogP contribution is -2.15. The Balaban J connectivity index is 1.93. The first-order valence-electron chi connectivity index (χ1n) is 7.76. The first-order valence-corrected chi connectivity index (χ1v) is 7.76. The van der Waals surface area contributed by atoms with Crippen LogP contribution in [0.5, 0.6) is 5.75 Å². The monoisotopic (exact) mass is 397 g/mol. The number of halogens is 5. The summed E-state index contributed by atoms with van der Waals surface area (Å²) in [4.78, 5) is 12.4. The molecule has 3 aromatic rings. The smallest absolute Gasteiger partial charge is 0.416 e. The van der Waals surface area contributed by atoms with Gasteiger partial charge in [-0.15, -0.1) is 0 Å². The molecule has 0 bridgehead atoms. The topological polar surface area (TPSA) is 56.2 Å². The summed E-state index contributed by atoms with van der Waals surface area (Å²) in [7, 11) is 1.24. The fourth-order valence-corrected chi connectivity index (χ4v) is 2.39. The van der Waals surface area contributed by atoms with Crippen molar-refractivity contribution in [2.45, 2.75) is 6.18 Å². The predicted octanol–water partition coefficient (Wildman–Crippen LogP) is 4.43. The second kappa shape index (κ2) is 7.29. The minimum Gasteiger partial charge on any atom is -0.493 e. The summed E-state index contributed by atoms with van der Waals surface area (Å²) >= 11 is 0. The highest BCUT2D eigenvalue weighted by atomic mass is 19.4. The number of methoxy groups -OCH3 is 1. The zero-order chi connectivity index (χ0) is 20.5. The van der Waals surface area contributed by atoms with Crippen molar-refractivity contribution in [2.75, 3.05) is 12.4 Å². The van der Waals surface area contributed by atoms with Crippen LogP contribution in [0.4, 0.5) is 27.6 Å². The van der Waals surface area contributed by atoms with Crippen molar-refractivity contribution in [1.82, 2.24) is 9.78 Å². The second-order valence-electron chi connectivity index (χ2n) is 5.62. The summed E-state index contributed by atoms with van der Waals surface area (Å²) < 4.78 is 71.4. The number of aromatic nitrogens is 2. The van der Waals surface area contributed by atoms with E-state index in [0.29, 0.717) is 6.07 Å². The third-order valence-corrected chi connectivity index (χ3v) is 3.73. The zero-order valence-electron chi connectivity index (χ0n) is 14.2. The second-order valence-corrected chi connectivity index (χ2v) is 5.62. The van der Waals surface area contributed by atoms with Gasteiger partial charge in [-0.05, 0) is 30.3 Å². The Bertz CT molecular complexity index is 1030. The third-order valence-electron chi connectivity index (χ3n) is 3.73. The Hall–Kier alpha value is -3.43. The lowest BCUT2D eigenvalue weighted by molar-refractivity contribution is -0.137. The van der Waals surface area contributed by atoms with Gasteiger partial charge in [-0.25, -0.2) is 13.5 Å². The summed E-state index contributed by atoms with van der Waals surface area (Å²) in [5.41, 5.74) is -1.43. The fourth-order valence-electron chi connectivity index (χ4n) is 2.39. The number of nitrogens with one attached hydrogen (secondary N) is 1. The molecule has 0 saturated carbocycles. The van der Waals surface area contributed by atoms with Gasteiger partial charge in [0, 0.05) is 6.07 Å². The van der Waals surface area contributed by atoms with Crippen molar-refractivity contribution in [1.29, 1.82) is 0 Å². The number of benzene rings is 2. The lowest BCUT2D eigenvalue weighted by Gasteiger charge is -2.08. The van der Waals surface area contributed by atoms with Crippen LogP contribution < -0.4 is 10.1 Å². The maximum Gasteiger partial charge on any atom is 0.416 e. The van der Waals surface area contributed by atoms with Gasteiger partial charge >= 0.3 is 6.18 Å². The summed E-state index contributed by atoms with van der Waals surface area (Å²) in [5, 5.41) is 6.15. The van der Waals surface area contributed by atoms with E-state index >= 15 is 0 Å². The van der Waals surface area contributed by atoms with E-state index in [-0.39, 0.29) is 22.8 Å². The maximum atomic E-state index is 13.7. The molecule has 0 aliphatic heterocycles. The number of nitrogens with zero attached hydrogens (tertiary/aromatic N) is 2. The molecule has 10 heteroatoms. The molecule has 2 aromatic carbocycles. The van der Waals surface area contributed by atoms with E-state index in [4.69, 9.17) is 4.74 Å². The molecule has 0 spiro atoms. The van der Waals surface area contributed by atoms with E-state index in [0.717, 1.165) is 28.9 Å². The molecular formula is C18H12F5N3O2. The van der Waals surface area contributed by atoms with Gasteiger partial charge in [0.15, 0.2) is 11.4 Å². The Kier molecular flexibility index (Phi) is 5.04. The Labute approximate surface area is 155 Å². The van der Waals surface area contributed by atoms with E-state index in [1.165, 1.54) is 25.4 Å². The van der Waals surface area contributed by atoms with E-state index in [1.807, 2.05) is 0 Å². The van der Waals surface area contributed by atoms with Crippen LogP contribution in [0.25, 0.3) is 5.69 Å². The van der Waals surface area contributed by atoms with E-state index in [1.54, 1.807) is 0 Å². The van der Waals surface area contributed by atoms with E-state index in [9.17, 15) is 26.7 Å². The number of anilines is 1. The Morgan fingerprint density at radius 3 is 2.54 bits per heavy atom. The van der Waals surface area contributed by atoms with Gasteiger partial charge in [0.2, 0.25) is 0 Å². The van der Waals surface area contributed by atoms with Gasteiger partial charge in [-0.2, -0.15) is 18.3 Å². The average molecular weight is 397 g/mol. The highest BCUT2D eigenvalue weighted by Gasteiger charge is 2.30. The van der Waals surface area contributed by atoms with Crippen LogP contribution in [0.2, 0.25) is 0 Å². The molecule has 0 fully saturated rings. The number of hydrogen-bond donors (Lipinski definition) is 1. The van der Waals surface area contributed by atoms with Gasteiger partial charge in [0.25, 0.3) is 5.91 Å². The Morgan fingerprint density at radius 2 is 1.89 bits per heavy atom. The van der Waals surface area contributed by atoms with Crippen molar-refractivity contribution < 1.29 is 31.5 Å². The highest BCUT2D eigenvalue weighted by molar-refractivity contribution is 6.04. The van der Waals surface area contributed by atoms with E-state index in [2.05, 4.69) is 10.4 Å². The minimum absolute atomic E-state index is 0.0418. The van der Waals surface area contributed by atoms with Crippen LogP contribution in [-0.4, -0.2) is 22.8 Å². The molecule has 0 aliphatic carbocycles. The van der Waals surface area contributed by atoms with Crippen molar-refractivity contribution in [3.63, 3.8) is 0 Å². The zero-order valence-corrected chi connectivity index (χ0v) is 14.2. The molecule has 1 aromatic heterocycles. The molecule has 0 unspecified atom stereocenters. The SMILES string of the molecule is COc1cn(-c2cccc(C(F)(F)F)c2)nc1C(=O)Nc1ccc(F)cc1F.